The molecule has 0 bridgehead atoms. The van der Waals surface area contributed by atoms with Crippen LogP contribution >= 0.6 is 0 Å². The van der Waals surface area contributed by atoms with E-state index >= 15 is 0 Å². The second-order valence-corrected chi connectivity index (χ2v) is 5.69. The van der Waals surface area contributed by atoms with E-state index in [1.165, 1.54) is 7.11 Å². The van der Waals surface area contributed by atoms with Gasteiger partial charge >= 0.3 is 5.97 Å². The van der Waals surface area contributed by atoms with Crippen molar-refractivity contribution in [2.45, 2.75) is 38.9 Å². The maximum Gasteiger partial charge on any atom is 0.342 e. The standard InChI is InChI=1S/C16H22O5/c1-10(2)7-12(17)14-8-11-5-4-6-13(20-9-19-3)15(11)16(18)21-14/h4-6,10,12,14,17H,7-9H2,1-3H3/t12-,14+/m1/s1. The van der Waals surface area contributed by atoms with Crippen molar-refractivity contribution >= 4 is 5.97 Å². The molecule has 0 aliphatic carbocycles. The summed E-state index contributed by atoms with van der Waals surface area (Å²) in [6, 6.07) is 5.41. The van der Waals surface area contributed by atoms with Crippen LogP contribution in [0, 0.1) is 5.92 Å². The van der Waals surface area contributed by atoms with Crippen LogP contribution < -0.4 is 4.74 Å². The fourth-order valence-electron chi connectivity index (χ4n) is 2.53. The van der Waals surface area contributed by atoms with Gasteiger partial charge < -0.3 is 19.3 Å². The second-order valence-electron chi connectivity index (χ2n) is 5.69. The van der Waals surface area contributed by atoms with Gasteiger partial charge in [0.1, 0.15) is 17.4 Å². The van der Waals surface area contributed by atoms with E-state index < -0.39 is 18.2 Å². The summed E-state index contributed by atoms with van der Waals surface area (Å²) < 4.78 is 15.6. The summed E-state index contributed by atoms with van der Waals surface area (Å²) in [4.78, 5) is 12.2. The molecule has 1 N–H and O–H groups in total. The first-order valence-electron chi connectivity index (χ1n) is 7.15. The van der Waals surface area contributed by atoms with Gasteiger partial charge in [0, 0.05) is 13.5 Å². The van der Waals surface area contributed by atoms with E-state index in [-0.39, 0.29) is 6.79 Å². The lowest BCUT2D eigenvalue weighted by atomic mass is 9.92. The van der Waals surface area contributed by atoms with Crippen LogP contribution in [0.25, 0.3) is 0 Å². The predicted molar refractivity (Wildman–Crippen MR) is 77.3 cm³/mol. The van der Waals surface area contributed by atoms with Crippen molar-refractivity contribution in [3.8, 4) is 5.75 Å². The summed E-state index contributed by atoms with van der Waals surface area (Å²) in [5, 5.41) is 10.2. The van der Waals surface area contributed by atoms with E-state index in [2.05, 4.69) is 0 Å². The van der Waals surface area contributed by atoms with Gasteiger partial charge in [-0.1, -0.05) is 26.0 Å². The first-order valence-corrected chi connectivity index (χ1v) is 7.15. The Balaban J connectivity index is 2.19. The molecule has 2 atom stereocenters. The number of rotatable bonds is 6. The van der Waals surface area contributed by atoms with Crippen molar-refractivity contribution < 1.29 is 24.1 Å². The zero-order chi connectivity index (χ0) is 15.4. The molecule has 1 aliphatic rings. The number of hydrogen-bond donors (Lipinski definition) is 1. The summed E-state index contributed by atoms with van der Waals surface area (Å²) >= 11 is 0. The zero-order valence-corrected chi connectivity index (χ0v) is 12.7. The van der Waals surface area contributed by atoms with Gasteiger partial charge in [-0.05, 0) is 24.0 Å². The highest BCUT2D eigenvalue weighted by Gasteiger charge is 2.33. The Morgan fingerprint density at radius 3 is 2.86 bits per heavy atom. The lowest BCUT2D eigenvalue weighted by Crippen LogP contribution is -2.38. The van der Waals surface area contributed by atoms with Gasteiger partial charge in [0.15, 0.2) is 6.79 Å². The monoisotopic (exact) mass is 294 g/mol. The van der Waals surface area contributed by atoms with Gasteiger partial charge in [-0.15, -0.1) is 0 Å². The Morgan fingerprint density at radius 2 is 2.19 bits per heavy atom. The Bertz CT molecular complexity index is 497. The van der Waals surface area contributed by atoms with Gasteiger partial charge in [-0.2, -0.15) is 0 Å². The summed E-state index contributed by atoms with van der Waals surface area (Å²) in [6.07, 6.45) is -0.0394. The first-order chi connectivity index (χ1) is 10.0. The van der Waals surface area contributed by atoms with Crippen LogP contribution in [0.1, 0.15) is 36.2 Å². The lowest BCUT2D eigenvalue weighted by Gasteiger charge is -2.29. The third-order valence-electron chi connectivity index (χ3n) is 3.47. The van der Waals surface area contributed by atoms with Crippen LogP contribution in [-0.4, -0.2) is 37.2 Å². The highest BCUT2D eigenvalue weighted by atomic mass is 16.7. The molecule has 0 spiro atoms. The van der Waals surface area contributed by atoms with Crippen molar-refractivity contribution in [2.75, 3.05) is 13.9 Å². The normalized spacial score (nSPS) is 19.1. The number of aliphatic hydroxyl groups excluding tert-OH is 1. The van der Waals surface area contributed by atoms with E-state index in [9.17, 15) is 9.90 Å². The van der Waals surface area contributed by atoms with Crippen LogP contribution in [0.15, 0.2) is 18.2 Å². The molecule has 0 radical (unpaired) electrons. The van der Waals surface area contributed by atoms with Gasteiger partial charge in [0.05, 0.1) is 6.10 Å². The minimum Gasteiger partial charge on any atom is -0.467 e. The van der Waals surface area contributed by atoms with Crippen molar-refractivity contribution in [2.24, 2.45) is 5.92 Å². The minimum atomic E-state index is -0.648. The quantitative estimate of drug-likeness (QED) is 0.643. The average Bonchev–Trinajstić information content (AvgIpc) is 2.43. The molecule has 0 aromatic heterocycles. The first kappa shape index (κ1) is 15.8. The molecule has 0 saturated heterocycles. The van der Waals surface area contributed by atoms with Gasteiger partial charge in [-0.25, -0.2) is 4.79 Å². The fraction of sp³-hybridized carbons (Fsp3) is 0.562. The van der Waals surface area contributed by atoms with E-state index in [0.717, 1.165) is 5.56 Å². The van der Waals surface area contributed by atoms with Crippen LogP contribution in [0.4, 0.5) is 0 Å². The van der Waals surface area contributed by atoms with Crippen molar-refractivity contribution in [3.05, 3.63) is 29.3 Å². The summed E-state index contributed by atoms with van der Waals surface area (Å²) in [5.41, 5.74) is 1.27. The number of hydrogen-bond acceptors (Lipinski definition) is 5. The van der Waals surface area contributed by atoms with Crippen LogP contribution in [0.3, 0.4) is 0 Å². The number of carbonyl (C=O) groups excluding carboxylic acids is 1. The van der Waals surface area contributed by atoms with Crippen LogP contribution in [0.5, 0.6) is 5.75 Å². The SMILES string of the molecule is COCOc1cccc2c1C(=O)O[C@H]([C@H](O)CC(C)C)C2. The molecule has 1 aliphatic heterocycles. The Labute approximate surface area is 124 Å². The van der Waals surface area contributed by atoms with Crippen molar-refractivity contribution in [3.63, 3.8) is 0 Å². The number of benzene rings is 1. The Morgan fingerprint density at radius 1 is 1.43 bits per heavy atom. The molecule has 5 heteroatoms. The maximum atomic E-state index is 12.2. The minimum absolute atomic E-state index is 0.0726. The third-order valence-corrected chi connectivity index (χ3v) is 3.47. The smallest absolute Gasteiger partial charge is 0.342 e. The highest BCUT2D eigenvalue weighted by molar-refractivity contribution is 5.95. The number of esters is 1. The fourth-order valence-corrected chi connectivity index (χ4v) is 2.53. The molecule has 21 heavy (non-hydrogen) atoms. The molecule has 116 valence electrons. The topological polar surface area (TPSA) is 65.0 Å². The number of fused-ring (bicyclic) bond motifs is 1. The summed E-state index contributed by atoms with van der Waals surface area (Å²) in [6.45, 7) is 4.13. The molecule has 0 unspecified atom stereocenters. The predicted octanol–water partition coefficient (Wildman–Crippen LogP) is 2.16. The van der Waals surface area contributed by atoms with Crippen LogP contribution in [-0.2, 0) is 15.9 Å². The molecule has 1 aromatic rings. The molecular formula is C16H22O5. The summed E-state index contributed by atoms with van der Waals surface area (Å²) in [7, 11) is 1.52. The number of cyclic esters (lactones) is 1. The second kappa shape index (κ2) is 6.91. The largest absolute Gasteiger partial charge is 0.467 e. The molecule has 1 heterocycles. The van der Waals surface area contributed by atoms with Gasteiger partial charge in [-0.3, -0.25) is 0 Å². The molecule has 0 saturated carbocycles. The number of aliphatic hydroxyl groups is 1. The third kappa shape index (κ3) is 3.74. The molecule has 5 nitrogen and oxygen atoms in total. The van der Waals surface area contributed by atoms with Crippen molar-refractivity contribution in [1.82, 2.24) is 0 Å². The number of ether oxygens (including phenoxy) is 3. The van der Waals surface area contributed by atoms with E-state index in [4.69, 9.17) is 14.2 Å². The Hall–Kier alpha value is -1.59. The maximum absolute atomic E-state index is 12.2. The van der Waals surface area contributed by atoms with Gasteiger partial charge in [0.25, 0.3) is 0 Å². The molecular weight excluding hydrogens is 272 g/mol. The number of methoxy groups -OCH3 is 1. The molecule has 0 fully saturated rings. The van der Waals surface area contributed by atoms with E-state index in [0.29, 0.717) is 30.1 Å². The highest BCUT2D eigenvalue weighted by Crippen LogP contribution is 2.31. The van der Waals surface area contributed by atoms with Gasteiger partial charge in [0.2, 0.25) is 0 Å². The Kier molecular flexibility index (Phi) is 5.20. The summed E-state index contributed by atoms with van der Waals surface area (Å²) in [5.74, 6) is 0.350. The molecule has 1 aromatic carbocycles. The zero-order valence-electron chi connectivity index (χ0n) is 12.7. The van der Waals surface area contributed by atoms with Crippen molar-refractivity contribution in [1.29, 1.82) is 0 Å². The van der Waals surface area contributed by atoms with E-state index in [1.54, 1.807) is 6.07 Å². The average molecular weight is 294 g/mol. The lowest BCUT2D eigenvalue weighted by molar-refractivity contribution is -0.0299. The van der Waals surface area contributed by atoms with E-state index in [1.807, 2.05) is 26.0 Å². The number of carbonyl (C=O) groups is 1. The molecule has 2 rings (SSSR count). The van der Waals surface area contributed by atoms with Crippen LogP contribution in [0.2, 0.25) is 0 Å². The molecule has 0 amide bonds.